The monoisotopic (exact) mass is 344 g/mol. The highest BCUT2D eigenvalue weighted by molar-refractivity contribution is 5.54. The van der Waals surface area contributed by atoms with Gasteiger partial charge in [0.05, 0.1) is 19.8 Å². The second-order valence-corrected chi connectivity index (χ2v) is 6.12. The van der Waals surface area contributed by atoms with Crippen molar-refractivity contribution in [2.45, 2.75) is 39.7 Å². The maximum absolute atomic E-state index is 12.3. The van der Waals surface area contributed by atoms with E-state index in [1.165, 1.54) is 0 Å². The van der Waals surface area contributed by atoms with Crippen molar-refractivity contribution < 1.29 is 9.84 Å². The standard InChI is InChI=1S/C20H28N2O3/c1-3-4-5-13-25-18-9-11-22(20(24)14-18)15-17-7-6-8-19(16(17)2)21-10-12-23/h6-9,11,14,21,23H,3-5,10,12-13,15H2,1-2H3. The summed E-state index contributed by atoms with van der Waals surface area (Å²) in [6.45, 7) is 5.92. The third kappa shape index (κ3) is 5.64. The van der Waals surface area contributed by atoms with Crippen LogP contribution in [0.4, 0.5) is 5.69 Å². The van der Waals surface area contributed by atoms with Gasteiger partial charge in [-0.1, -0.05) is 31.9 Å². The first-order valence-electron chi connectivity index (χ1n) is 8.92. The van der Waals surface area contributed by atoms with Gasteiger partial charge in [0.1, 0.15) is 5.75 Å². The van der Waals surface area contributed by atoms with E-state index < -0.39 is 0 Å². The Bertz CT molecular complexity index is 725. The van der Waals surface area contributed by atoms with Crippen LogP contribution in [0.5, 0.6) is 5.75 Å². The highest BCUT2D eigenvalue weighted by atomic mass is 16.5. The number of unbranched alkanes of at least 4 members (excludes halogenated alkanes) is 2. The van der Waals surface area contributed by atoms with Gasteiger partial charge in [0.25, 0.3) is 5.56 Å². The number of rotatable bonds is 10. The Morgan fingerprint density at radius 3 is 2.80 bits per heavy atom. The van der Waals surface area contributed by atoms with E-state index in [1.807, 2.05) is 31.2 Å². The van der Waals surface area contributed by atoms with E-state index in [4.69, 9.17) is 9.84 Å². The molecule has 0 saturated carbocycles. The predicted octanol–water partition coefficient (Wildman–Crippen LogP) is 3.18. The average molecular weight is 344 g/mol. The number of pyridine rings is 1. The Hall–Kier alpha value is -2.27. The van der Waals surface area contributed by atoms with Crippen molar-refractivity contribution in [1.82, 2.24) is 4.57 Å². The van der Waals surface area contributed by atoms with Crippen LogP contribution in [0.15, 0.2) is 41.3 Å². The minimum absolute atomic E-state index is 0.0684. The molecule has 0 aliphatic carbocycles. The van der Waals surface area contributed by atoms with Gasteiger partial charge in [0.2, 0.25) is 0 Å². The summed E-state index contributed by atoms with van der Waals surface area (Å²) in [5.74, 6) is 0.632. The van der Waals surface area contributed by atoms with Gasteiger partial charge in [0, 0.05) is 24.5 Å². The lowest BCUT2D eigenvalue weighted by Gasteiger charge is -2.14. The summed E-state index contributed by atoms with van der Waals surface area (Å²) < 4.78 is 7.31. The number of anilines is 1. The zero-order valence-corrected chi connectivity index (χ0v) is 15.1. The van der Waals surface area contributed by atoms with E-state index in [0.29, 0.717) is 25.4 Å². The number of nitrogens with zero attached hydrogens (tertiary/aromatic N) is 1. The third-order valence-electron chi connectivity index (χ3n) is 4.20. The van der Waals surface area contributed by atoms with Crippen molar-refractivity contribution in [2.24, 2.45) is 0 Å². The Balaban J connectivity index is 2.06. The van der Waals surface area contributed by atoms with E-state index in [9.17, 15) is 4.79 Å². The molecule has 136 valence electrons. The lowest BCUT2D eigenvalue weighted by atomic mass is 10.1. The van der Waals surface area contributed by atoms with Gasteiger partial charge in [-0.05, 0) is 36.6 Å². The first kappa shape index (κ1) is 19.1. The van der Waals surface area contributed by atoms with Crippen molar-refractivity contribution >= 4 is 5.69 Å². The van der Waals surface area contributed by atoms with E-state index in [0.717, 1.165) is 36.1 Å². The quantitative estimate of drug-likeness (QED) is 0.650. The summed E-state index contributed by atoms with van der Waals surface area (Å²) in [4.78, 5) is 12.3. The van der Waals surface area contributed by atoms with Crippen LogP contribution in [0.2, 0.25) is 0 Å². The molecule has 0 aliphatic heterocycles. The van der Waals surface area contributed by atoms with Crippen molar-refractivity contribution in [3.63, 3.8) is 0 Å². The van der Waals surface area contributed by atoms with Gasteiger partial charge in [-0.2, -0.15) is 0 Å². The SMILES string of the molecule is CCCCCOc1ccn(Cc2cccc(NCCO)c2C)c(=O)c1. The number of aliphatic hydroxyl groups excluding tert-OH is 1. The normalized spacial score (nSPS) is 10.7. The minimum Gasteiger partial charge on any atom is -0.493 e. The lowest BCUT2D eigenvalue weighted by molar-refractivity contribution is 0.305. The van der Waals surface area contributed by atoms with Crippen LogP contribution in [0.3, 0.4) is 0 Å². The molecule has 2 aromatic rings. The smallest absolute Gasteiger partial charge is 0.254 e. The molecule has 0 bridgehead atoms. The molecule has 0 radical (unpaired) electrons. The van der Waals surface area contributed by atoms with Crippen molar-refractivity contribution in [1.29, 1.82) is 0 Å². The number of ether oxygens (including phenoxy) is 1. The molecule has 0 spiro atoms. The Morgan fingerprint density at radius 2 is 2.08 bits per heavy atom. The molecule has 0 aliphatic rings. The fourth-order valence-electron chi connectivity index (χ4n) is 2.67. The molecule has 25 heavy (non-hydrogen) atoms. The van der Waals surface area contributed by atoms with E-state index in [2.05, 4.69) is 12.2 Å². The predicted molar refractivity (Wildman–Crippen MR) is 102 cm³/mol. The second kappa shape index (κ2) is 9.89. The topological polar surface area (TPSA) is 63.5 Å². The summed E-state index contributed by atoms with van der Waals surface area (Å²) in [6, 6.07) is 9.34. The molecule has 0 saturated heterocycles. The largest absolute Gasteiger partial charge is 0.493 e. The van der Waals surface area contributed by atoms with Crippen LogP contribution < -0.4 is 15.6 Å². The van der Waals surface area contributed by atoms with Crippen LogP contribution in [0.1, 0.15) is 37.3 Å². The maximum Gasteiger partial charge on any atom is 0.254 e. The molecule has 1 heterocycles. The first-order chi connectivity index (χ1) is 12.2. The number of benzene rings is 1. The highest BCUT2D eigenvalue weighted by Gasteiger charge is 2.06. The summed E-state index contributed by atoms with van der Waals surface area (Å²) in [5, 5.41) is 12.1. The molecule has 1 aromatic heterocycles. The number of hydrogen-bond donors (Lipinski definition) is 2. The van der Waals surface area contributed by atoms with Crippen LogP contribution in [-0.2, 0) is 6.54 Å². The average Bonchev–Trinajstić information content (AvgIpc) is 2.61. The summed E-state index contributed by atoms with van der Waals surface area (Å²) in [5.41, 5.74) is 3.07. The third-order valence-corrected chi connectivity index (χ3v) is 4.20. The number of nitrogens with one attached hydrogen (secondary N) is 1. The molecule has 0 atom stereocenters. The molecule has 0 unspecified atom stereocenters. The molecule has 1 aromatic carbocycles. The number of hydrogen-bond acceptors (Lipinski definition) is 4. The van der Waals surface area contributed by atoms with Gasteiger partial charge in [-0.15, -0.1) is 0 Å². The van der Waals surface area contributed by atoms with Crippen LogP contribution in [0.25, 0.3) is 0 Å². The fourth-order valence-corrected chi connectivity index (χ4v) is 2.67. The Labute approximate surface area is 149 Å². The minimum atomic E-state index is -0.0684. The van der Waals surface area contributed by atoms with Gasteiger partial charge in [-0.3, -0.25) is 4.79 Å². The zero-order chi connectivity index (χ0) is 18.1. The summed E-state index contributed by atoms with van der Waals surface area (Å²) in [7, 11) is 0. The number of aromatic nitrogens is 1. The molecule has 2 N–H and O–H groups in total. The highest BCUT2D eigenvalue weighted by Crippen LogP contribution is 2.19. The maximum atomic E-state index is 12.3. The van der Waals surface area contributed by atoms with Gasteiger partial charge >= 0.3 is 0 Å². The molecular formula is C20H28N2O3. The first-order valence-corrected chi connectivity index (χ1v) is 8.92. The fraction of sp³-hybridized carbons (Fsp3) is 0.450. The van der Waals surface area contributed by atoms with Crippen molar-refractivity contribution in [3.05, 3.63) is 58.0 Å². The van der Waals surface area contributed by atoms with Gasteiger partial charge < -0.3 is 19.7 Å². The van der Waals surface area contributed by atoms with Gasteiger partial charge in [0.15, 0.2) is 0 Å². The molecular weight excluding hydrogens is 316 g/mol. The van der Waals surface area contributed by atoms with E-state index in [-0.39, 0.29) is 12.2 Å². The molecule has 0 fully saturated rings. The van der Waals surface area contributed by atoms with E-state index >= 15 is 0 Å². The second-order valence-electron chi connectivity index (χ2n) is 6.12. The molecule has 2 rings (SSSR count). The molecule has 5 heteroatoms. The Kier molecular flexibility index (Phi) is 7.54. The molecule has 5 nitrogen and oxygen atoms in total. The molecule has 0 amide bonds. The van der Waals surface area contributed by atoms with Crippen LogP contribution >= 0.6 is 0 Å². The van der Waals surface area contributed by atoms with Crippen LogP contribution in [0, 0.1) is 6.92 Å². The van der Waals surface area contributed by atoms with E-state index in [1.54, 1.807) is 16.8 Å². The van der Waals surface area contributed by atoms with Crippen LogP contribution in [-0.4, -0.2) is 29.4 Å². The van der Waals surface area contributed by atoms with Crippen molar-refractivity contribution in [2.75, 3.05) is 25.1 Å². The zero-order valence-electron chi connectivity index (χ0n) is 15.1. The summed E-state index contributed by atoms with van der Waals surface area (Å²) in [6.07, 6.45) is 5.07. The Morgan fingerprint density at radius 1 is 1.24 bits per heavy atom. The summed E-state index contributed by atoms with van der Waals surface area (Å²) >= 11 is 0. The van der Waals surface area contributed by atoms with Crippen molar-refractivity contribution in [3.8, 4) is 5.75 Å². The lowest BCUT2D eigenvalue weighted by Crippen LogP contribution is -2.20. The van der Waals surface area contributed by atoms with Gasteiger partial charge in [-0.25, -0.2) is 0 Å². The number of aliphatic hydroxyl groups is 1.